The quantitative estimate of drug-likeness (QED) is 0.217. The molecule has 0 aromatic carbocycles. The van der Waals surface area contributed by atoms with Crippen LogP contribution in [-0.4, -0.2) is 64.2 Å². The van der Waals surface area contributed by atoms with E-state index in [1.54, 1.807) is 19.9 Å². The average Bonchev–Trinajstić information content (AvgIpc) is 3.38. The molecule has 196 valence electrons. The Balaban J connectivity index is 1.69. The number of aliphatic hydroxyl groups excluding tert-OH is 1. The first-order valence-corrected chi connectivity index (χ1v) is 14.0. The van der Waals surface area contributed by atoms with Gasteiger partial charge in [0.1, 0.15) is 11.0 Å². The highest BCUT2D eigenvalue weighted by Crippen LogP contribution is 2.52. The summed E-state index contributed by atoms with van der Waals surface area (Å²) in [4.78, 5) is 43.2. The van der Waals surface area contributed by atoms with Crippen LogP contribution in [0.3, 0.4) is 0 Å². The lowest BCUT2D eigenvalue weighted by molar-refractivity contribution is -0.204. The molecule has 36 heavy (non-hydrogen) atoms. The Morgan fingerprint density at radius 1 is 1.33 bits per heavy atom. The zero-order valence-corrected chi connectivity index (χ0v) is 22.6. The van der Waals surface area contributed by atoms with Crippen LogP contribution in [-0.2, 0) is 30.3 Å². The predicted octanol–water partition coefficient (Wildman–Crippen LogP) is 3.37. The van der Waals surface area contributed by atoms with Crippen molar-refractivity contribution in [3.63, 3.8) is 0 Å². The van der Waals surface area contributed by atoms with Crippen molar-refractivity contribution in [2.75, 3.05) is 13.7 Å². The fourth-order valence-corrected chi connectivity index (χ4v) is 7.41. The SMILES string of the molecule is C=CC(C)(C)OC(=O)C1C(C2CCCCC2)=C(CO)S[C@H]2N1C(=O)C2(NC(=O)Cc1cccs1)OC. The van der Waals surface area contributed by atoms with Gasteiger partial charge in [0.15, 0.2) is 6.04 Å². The lowest BCUT2D eigenvalue weighted by Crippen LogP contribution is -2.83. The minimum absolute atomic E-state index is 0.0671. The van der Waals surface area contributed by atoms with Crippen molar-refractivity contribution in [3.8, 4) is 0 Å². The molecule has 0 spiro atoms. The van der Waals surface area contributed by atoms with Crippen molar-refractivity contribution in [1.82, 2.24) is 10.2 Å². The fourth-order valence-electron chi connectivity index (χ4n) is 5.20. The van der Waals surface area contributed by atoms with E-state index in [0.29, 0.717) is 4.91 Å². The maximum Gasteiger partial charge on any atom is 0.334 e. The number of carbonyl (C=O) groups excluding carboxylic acids is 3. The average molecular weight is 535 g/mol. The number of thiophene rings is 1. The van der Waals surface area contributed by atoms with E-state index in [4.69, 9.17) is 9.47 Å². The number of methoxy groups -OCH3 is 1. The monoisotopic (exact) mass is 534 g/mol. The number of nitrogens with zero attached hydrogens (tertiary/aromatic N) is 1. The van der Waals surface area contributed by atoms with Gasteiger partial charge in [0.25, 0.3) is 11.6 Å². The number of amides is 2. The topological polar surface area (TPSA) is 105 Å². The molecule has 0 bridgehead atoms. The number of β-lactam (4-membered cyclic amide) rings is 1. The van der Waals surface area contributed by atoms with E-state index in [1.165, 1.54) is 35.1 Å². The van der Waals surface area contributed by atoms with Crippen LogP contribution in [0.5, 0.6) is 0 Å². The van der Waals surface area contributed by atoms with Crippen molar-refractivity contribution in [2.24, 2.45) is 5.92 Å². The van der Waals surface area contributed by atoms with Crippen molar-refractivity contribution < 1.29 is 29.0 Å². The van der Waals surface area contributed by atoms with Gasteiger partial charge in [-0.05, 0) is 55.7 Å². The van der Waals surface area contributed by atoms with E-state index in [0.717, 1.165) is 42.6 Å². The van der Waals surface area contributed by atoms with E-state index in [-0.39, 0.29) is 24.9 Å². The summed E-state index contributed by atoms with van der Waals surface area (Å²) in [6.07, 6.45) is 6.59. The molecule has 1 saturated heterocycles. The molecule has 2 aliphatic heterocycles. The Labute approximate surface area is 220 Å². The second kappa shape index (κ2) is 10.7. The Morgan fingerprint density at radius 2 is 2.06 bits per heavy atom. The first kappa shape index (κ1) is 26.9. The summed E-state index contributed by atoms with van der Waals surface area (Å²) in [5.74, 6) is -1.35. The smallest absolute Gasteiger partial charge is 0.334 e. The number of thioether (sulfide) groups is 1. The van der Waals surface area contributed by atoms with Crippen LogP contribution in [0.2, 0.25) is 0 Å². The van der Waals surface area contributed by atoms with Gasteiger partial charge in [0.2, 0.25) is 5.91 Å². The second-order valence-electron chi connectivity index (χ2n) is 9.93. The van der Waals surface area contributed by atoms with Gasteiger partial charge in [-0.3, -0.25) is 9.59 Å². The van der Waals surface area contributed by atoms with Crippen LogP contribution in [0.25, 0.3) is 0 Å². The van der Waals surface area contributed by atoms with Crippen molar-refractivity contribution in [3.05, 3.63) is 45.5 Å². The molecule has 3 heterocycles. The minimum atomic E-state index is -1.63. The summed E-state index contributed by atoms with van der Waals surface area (Å²) >= 11 is 2.74. The molecule has 10 heteroatoms. The predicted molar refractivity (Wildman–Crippen MR) is 139 cm³/mol. The van der Waals surface area contributed by atoms with Crippen LogP contribution in [0.15, 0.2) is 40.6 Å². The maximum atomic E-state index is 13.7. The van der Waals surface area contributed by atoms with Gasteiger partial charge in [-0.15, -0.1) is 11.3 Å². The Morgan fingerprint density at radius 3 is 2.64 bits per heavy atom. The van der Waals surface area contributed by atoms with Gasteiger partial charge in [-0.1, -0.05) is 43.7 Å². The summed E-state index contributed by atoms with van der Waals surface area (Å²) in [6.45, 7) is 6.94. The van der Waals surface area contributed by atoms with Crippen LogP contribution >= 0.6 is 23.1 Å². The highest BCUT2D eigenvalue weighted by atomic mass is 32.2. The van der Waals surface area contributed by atoms with E-state index in [2.05, 4.69) is 11.9 Å². The summed E-state index contributed by atoms with van der Waals surface area (Å²) < 4.78 is 11.4. The van der Waals surface area contributed by atoms with Crippen LogP contribution < -0.4 is 5.32 Å². The molecule has 2 fully saturated rings. The molecule has 2 unspecified atom stereocenters. The molecule has 4 rings (SSSR count). The second-order valence-corrected chi connectivity index (χ2v) is 12.1. The molecule has 1 aromatic rings. The van der Waals surface area contributed by atoms with Crippen LogP contribution in [0.1, 0.15) is 50.8 Å². The Kier molecular flexibility index (Phi) is 7.99. The largest absolute Gasteiger partial charge is 0.454 e. The molecule has 0 radical (unpaired) electrons. The summed E-state index contributed by atoms with van der Waals surface area (Å²) in [5.41, 5.74) is -1.81. The number of fused-ring (bicyclic) bond motifs is 1. The molecule has 3 atom stereocenters. The van der Waals surface area contributed by atoms with Crippen LogP contribution in [0.4, 0.5) is 0 Å². The van der Waals surface area contributed by atoms with Gasteiger partial charge in [-0.2, -0.15) is 0 Å². The molecule has 3 aliphatic rings. The van der Waals surface area contributed by atoms with Gasteiger partial charge in [-0.25, -0.2) is 4.79 Å². The van der Waals surface area contributed by atoms with Gasteiger partial charge in [0.05, 0.1) is 13.0 Å². The number of hydrogen-bond donors (Lipinski definition) is 2. The third-order valence-corrected chi connectivity index (χ3v) is 9.44. The number of ether oxygens (including phenoxy) is 2. The molecule has 1 aliphatic carbocycles. The Bertz CT molecular complexity index is 1050. The lowest BCUT2D eigenvalue weighted by atomic mass is 9.78. The summed E-state index contributed by atoms with van der Waals surface area (Å²) in [5, 5.41) is 14.3. The minimum Gasteiger partial charge on any atom is -0.454 e. The third kappa shape index (κ3) is 4.88. The van der Waals surface area contributed by atoms with E-state index in [1.807, 2.05) is 17.5 Å². The summed E-state index contributed by atoms with van der Waals surface area (Å²) in [6, 6.07) is 2.72. The van der Waals surface area contributed by atoms with E-state index in [9.17, 15) is 19.5 Å². The number of aliphatic hydroxyl groups is 1. The molecule has 1 aromatic heterocycles. The normalized spacial score (nSPS) is 26.8. The van der Waals surface area contributed by atoms with Gasteiger partial charge >= 0.3 is 5.97 Å². The number of rotatable bonds is 9. The highest BCUT2D eigenvalue weighted by molar-refractivity contribution is 8.04. The van der Waals surface area contributed by atoms with Crippen molar-refractivity contribution >= 4 is 40.9 Å². The maximum absolute atomic E-state index is 13.7. The molecule has 8 nitrogen and oxygen atoms in total. The van der Waals surface area contributed by atoms with Gasteiger partial charge in [0, 0.05) is 16.9 Å². The molecule has 1 saturated carbocycles. The van der Waals surface area contributed by atoms with E-state index < -0.39 is 34.6 Å². The zero-order chi connectivity index (χ0) is 26.1. The highest BCUT2D eigenvalue weighted by Gasteiger charge is 2.69. The standard InChI is InChI=1S/C26H34N2O6S2/c1-5-25(2,3)34-22(31)21-20(16-10-7-6-8-11-16)18(15-29)36-24-26(33-4,23(32)28(21)24)27-19(30)14-17-12-9-13-35-17/h5,9,12-13,16,21,24,29H,1,6-8,10-11,14-15H2,2-4H3,(H,27,30)/t21?,24-,26?/m1/s1. The third-order valence-electron chi connectivity index (χ3n) is 7.13. The molecule has 2 amide bonds. The van der Waals surface area contributed by atoms with E-state index >= 15 is 0 Å². The van der Waals surface area contributed by atoms with Crippen molar-refractivity contribution in [2.45, 2.75) is 75.1 Å². The molecular formula is C26H34N2O6S2. The first-order chi connectivity index (χ1) is 17.2. The van der Waals surface area contributed by atoms with Gasteiger partial charge < -0.3 is 24.8 Å². The zero-order valence-electron chi connectivity index (χ0n) is 21.0. The van der Waals surface area contributed by atoms with Crippen LogP contribution in [0, 0.1) is 5.92 Å². The Hall–Kier alpha value is -2.14. The number of nitrogens with one attached hydrogen (secondary N) is 1. The molecular weight excluding hydrogens is 500 g/mol. The molecule has 2 N–H and O–H groups in total. The number of hydrogen-bond acceptors (Lipinski definition) is 8. The van der Waals surface area contributed by atoms with Crippen molar-refractivity contribution in [1.29, 1.82) is 0 Å². The lowest BCUT2D eigenvalue weighted by Gasteiger charge is -2.59. The number of esters is 1. The summed E-state index contributed by atoms with van der Waals surface area (Å²) in [7, 11) is 1.37. The first-order valence-electron chi connectivity index (χ1n) is 12.3. The number of carbonyl (C=O) groups is 3. The fraction of sp³-hybridized carbons (Fsp3) is 0.577.